The lowest BCUT2D eigenvalue weighted by Crippen LogP contribution is -2.46. The number of rotatable bonds is 3. The summed E-state index contributed by atoms with van der Waals surface area (Å²) in [7, 11) is 0. The first-order chi connectivity index (χ1) is 10.2. The normalized spacial score (nSPS) is 15.9. The van der Waals surface area contributed by atoms with Crippen LogP contribution in [0.2, 0.25) is 0 Å². The zero-order valence-electron chi connectivity index (χ0n) is 11.4. The molecule has 2 aromatic heterocycles. The van der Waals surface area contributed by atoms with Crippen LogP contribution < -0.4 is 16.0 Å². The van der Waals surface area contributed by atoms with Crippen LogP contribution in [0, 0.1) is 0 Å². The highest BCUT2D eigenvalue weighted by Crippen LogP contribution is 2.28. The van der Waals surface area contributed by atoms with Gasteiger partial charge in [0.2, 0.25) is 5.13 Å². The second-order valence-electron chi connectivity index (χ2n) is 4.87. The van der Waals surface area contributed by atoms with Crippen LogP contribution in [-0.2, 0) is 0 Å². The van der Waals surface area contributed by atoms with E-state index in [1.807, 2.05) is 18.2 Å². The average molecular weight is 304 g/mol. The van der Waals surface area contributed by atoms with Gasteiger partial charge in [-0.05, 0) is 25.0 Å². The maximum atomic E-state index is 10.8. The minimum absolute atomic E-state index is 0.155. The number of primary amides is 1. The van der Waals surface area contributed by atoms with Crippen LogP contribution in [0.1, 0.15) is 12.8 Å². The molecular weight excluding hydrogens is 288 g/mol. The lowest BCUT2D eigenvalue weighted by molar-refractivity contribution is 0.242. The van der Waals surface area contributed by atoms with Crippen molar-refractivity contribution in [3.8, 4) is 10.7 Å². The molecule has 1 aliphatic rings. The molecule has 0 aromatic carbocycles. The van der Waals surface area contributed by atoms with Gasteiger partial charge in [0.15, 0.2) is 5.01 Å². The van der Waals surface area contributed by atoms with Crippen LogP contribution >= 0.6 is 11.3 Å². The SMILES string of the molecule is NC(=O)NC1CCN(c2nnc(-c3ccccn3)s2)CC1. The van der Waals surface area contributed by atoms with Gasteiger partial charge in [-0.2, -0.15) is 0 Å². The van der Waals surface area contributed by atoms with Gasteiger partial charge in [0.25, 0.3) is 0 Å². The highest BCUT2D eigenvalue weighted by Gasteiger charge is 2.22. The maximum Gasteiger partial charge on any atom is 0.312 e. The van der Waals surface area contributed by atoms with Crippen molar-refractivity contribution in [3.05, 3.63) is 24.4 Å². The van der Waals surface area contributed by atoms with Crippen LogP contribution in [0.5, 0.6) is 0 Å². The van der Waals surface area contributed by atoms with E-state index in [9.17, 15) is 4.79 Å². The second kappa shape index (κ2) is 6.04. The molecular formula is C13H16N6OS. The van der Waals surface area contributed by atoms with E-state index >= 15 is 0 Å². The summed E-state index contributed by atoms with van der Waals surface area (Å²) in [6.45, 7) is 1.67. The lowest BCUT2D eigenvalue weighted by Gasteiger charge is -2.31. The Bertz CT molecular complexity index is 608. The number of hydrogen-bond donors (Lipinski definition) is 2. The highest BCUT2D eigenvalue weighted by atomic mass is 32.1. The van der Waals surface area contributed by atoms with Crippen molar-refractivity contribution in [2.24, 2.45) is 5.73 Å². The first kappa shape index (κ1) is 13.7. The van der Waals surface area contributed by atoms with Gasteiger partial charge in [0, 0.05) is 25.3 Å². The third kappa shape index (κ3) is 3.27. The van der Waals surface area contributed by atoms with Crippen molar-refractivity contribution in [1.29, 1.82) is 0 Å². The van der Waals surface area contributed by atoms with Gasteiger partial charge in [-0.1, -0.05) is 17.4 Å². The van der Waals surface area contributed by atoms with E-state index in [1.54, 1.807) is 6.20 Å². The molecule has 0 saturated carbocycles. The van der Waals surface area contributed by atoms with E-state index < -0.39 is 6.03 Å². The molecule has 1 fully saturated rings. The molecule has 0 unspecified atom stereocenters. The number of nitrogens with one attached hydrogen (secondary N) is 1. The quantitative estimate of drug-likeness (QED) is 0.889. The number of piperidine rings is 1. The van der Waals surface area contributed by atoms with E-state index in [0.717, 1.165) is 41.8 Å². The van der Waals surface area contributed by atoms with Gasteiger partial charge in [-0.25, -0.2) is 4.79 Å². The van der Waals surface area contributed by atoms with Crippen molar-refractivity contribution in [3.63, 3.8) is 0 Å². The Kier molecular flexibility index (Phi) is 3.96. The average Bonchev–Trinajstić information content (AvgIpc) is 2.98. The number of carbonyl (C=O) groups excluding carboxylic acids is 1. The molecule has 0 atom stereocenters. The van der Waals surface area contributed by atoms with Crippen LogP contribution in [-0.4, -0.2) is 40.3 Å². The molecule has 1 saturated heterocycles. The molecule has 0 bridgehead atoms. The predicted octanol–water partition coefficient (Wildman–Crippen LogP) is 1.24. The number of aromatic nitrogens is 3. The van der Waals surface area contributed by atoms with Gasteiger partial charge in [0.1, 0.15) is 5.69 Å². The van der Waals surface area contributed by atoms with Gasteiger partial charge < -0.3 is 16.0 Å². The fraction of sp³-hybridized carbons (Fsp3) is 0.385. The number of nitrogens with zero attached hydrogens (tertiary/aromatic N) is 4. The number of pyridine rings is 1. The molecule has 0 aliphatic carbocycles. The fourth-order valence-electron chi connectivity index (χ4n) is 2.35. The summed E-state index contributed by atoms with van der Waals surface area (Å²) >= 11 is 1.54. The summed E-state index contributed by atoms with van der Waals surface area (Å²) < 4.78 is 0. The molecule has 110 valence electrons. The van der Waals surface area contributed by atoms with Crippen molar-refractivity contribution in [2.45, 2.75) is 18.9 Å². The van der Waals surface area contributed by atoms with E-state index in [0.29, 0.717) is 0 Å². The number of nitrogens with two attached hydrogens (primary N) is 1. The molecule has 0 spiro atoms. The summed E-state index contributed by atoms with van der Waals surface area (Å²) in [4.78, 5) is 17.3. The number of anilines is 1. The topological polar surface area (TPSA) is 97.0 Å². The molecule has 3 heterocycles. The molecule has 3 rings (SSSR count). The summed E-state index contributed by atoms with van der Waals surface area (Å²) in [5, 5.41) is 12.9. The molecule has 3 N–H and O–H groups in total. The smallest absolute Gasteiger partial charge is 0.312 e. The van der Waals surface area contributed by atoms with Crippen LogP contribution in [0.4, 0.5) is 9.93 Å². The van der Waals surface area contributed by atoms with Crippen LogP contribution in [0.15, 0.2) is 24.4 Å². The second-order valence-corrected chi connectivity index (χ2v) is 5.83. The third-order valence-corrected chi connectivity index (χ3v) is 4.42. The summed E-state index contributed by atoms with van der Waals surface area (Å²) in [5.74, 6) is 0. The molecule has 2 amide bonds. The number of urea groups is 1. The van der Waals surface area contributed by atoms with Crippen molar-refractivity contribution >= 4 is 22.5 Å². The first-order valence-corrected chi connectivity index (χ1v) is 7.60. The zero-order chi connectivity index (χ0) is 14.7. The third-order valence-electron chi connectivity index (χ3n) is 3.41. The Balaban J connectivity index is 1.64. The molecule has 8 heteroatoms. The van der Waals surface area contributed by atoms with Crippen molar-refractivity contribution in [1.82, 2.24) is 20.5 Å². The van der Waals surface area contributed by atoms with Crippen LogP contribution in [0.3, 0.4) is 0 Å². The highest BCUT2D eigenvalue weighted by molar-refractivity contribution is 7.18. The molecule has 7 nitrogen and oxygen atoms in total. The predicted molar refractivity (Wildman–Crippen MR) is 81.1 cm³/mol. The van der Waals surface area contributed by atoms with E-state index in [-0.39, 0.29) is 6.04 Å². The fourth-order valence-corrected chi connectivity index (χ4v) is 3.23. The summed E-state index contributed by atoms with van der Waals surface area (Å²) in [5.41, 5.74) is 5.99. The minimum Gasteiger partial charge on any atom is -0.352 e. The Labute approximate surface area is 126 Å². The maximum absolute atomic E-state index is 10.8. The molecule has 21 heavy (non-hydrogen) atoms. The molecule has 2 aromatic rings. The zero-order valence-corrected chi connectivity index (χ0v) is 12.2. The Morgan fingerprint density at radius 1 is 1.33 bits per heavy atom. The number of hydrogen-bond acceptors (Lipinski definition) is 6. The number of amides is 2. The molecule has 1 aliphatic heterocycles. The van der Waals surface area contributed by atoms with Crippen LogP contribution in [0.25, 0.3) is 10.7 Å². The van der Waals surface area contributed by atoms with Gasteiger partial charge in [-0.3, -0.25) is 4.98 Å². The first-order valence-electron chi connectivity index (χ1n) is 6.78. The van der Waals surface area contributed by atoms with Crippen molar-refractivity contribution in [2.75, 3.05) is 18.0 Å². The van der Waals surface area contributed by atoms with Gasteiger partial charge in [-0.15, -0.1) is 10.2 Å². The van der Waals surface area contributed by atoms with Crippen molar-refractivity contribution < 1.29 is 4.79 Å². The van der Waals surface area contributed by atoms with E-state index in [1.165, 1.54) is 11.3 Å². The Hall–Kier alpha value is -2.22. The van der Waals surface area contributed by atoms with Gasteiger partial charge in [0.05, 0.1) is 0 Å². The minimum atomic E-state index is -0.457. The Morgan fingerprint density at radius 3 is 2.81 bits per heavy atom. The molecule has 0 radical (unpaired) electrons. The van der Waals surface area contributed by atoms with E-state index in [2.05, 4.69) is 25.4 Å². The Morgan fingerprint density at radius 2 is 2.14 bits per heavy atom. The largest absolute Gasteiger partial charge is 0.352 e. The standard InChI is InChI=1S/C13H16N6OS/c14-12(20)16-9-4-7-19(8-5-9)13-18-17-11(21-13)10-3-1-2-6-15-10/h1-3,6,9H,4-5,7-8H2,(H3,14,16,20). The van der Waals surface area contributed by atoms with E-state index in [4.69, 9.17) is 5.73 Å². The monoisotopic (exact) mass is 304 g/mol. The van der Waals surface area contributed by atoms with Gasteiger partial charge >= 0.3 is 6.03 Å². The summed E-state index contributed by atoms with van der Waals surface area (Å²) in [6, 6.07) is 5.43. The lowest BCUT2D eigenvalue weighted by atomic mass is 10.1. The number of carbonyl (C=O) groups is 1. The summed E-state index contributed by atoms with van der Waals surface area (Å²) in [6.07, 6.45) is 3.47.